The molecule has 0 radical (unpaired) electrons. The summed E-state index contributed by atoms with van der Waals surface area (Å²) < 4.78 is 12.9. The second-order valence-corrected chi connectivity index (χ2v) is 7.51. The van der Waals surface area contributed by atoms with Gasteiger partial charge in [0.05, 0.1) is 12.1 Å². The predicted molar refractivity (Wildman–Crippen MR) is 94.3 cm³/mol. The fourth-order valence-electron chi connectivity index (χ4n) is 3.64. The molecule has 0 fully saturated rings. The van der Waals surface area contributed by atoms with Gasteiger partial charge in [-0.3, -0.25) is 4.79 Å². The molecule has 0 spiro atoms. The number of carbonyl (C=O) groups excluding carboxylic acids is 1. The van der Waals surface area contributed by atoms with E-state index >= 15 is 0 Å². The van der Waals surface area contributed by atoms with Crippen LogP contribution < -0.4 is 5.73 Å². The number of Topliss-reactive ketones (excluding diaryl/α,β-unsaturated/α-hetero) is 1. The zero-order valence-electron chi connectivity index (χ0n) is 15.6. The summed E-state index contributed by atoms with van der Waals surface area (Å²) in [4.78, 5) is 12.9. The van der Waals surface area contributed by atoms with Crippen molar-refractivity contribution in [2.24, 2.45) is 11.1 Å². The first-order chi connectivity index (χ1) is 12.3. The molecule has 0 saturated carbocycles. The number of ketones is 1. The lowest BCUT2D eigenvalue weighted by Crippen LogP contribution is -2.33. The lowest BCUT2D eigenvalue weighted by Gasteiger charge is -2.36. The number of nitrogens with two attached hydrogens (primary N) is 1. The lowest BCUT2D eigenvalue weighted by molar-refractivity contribution is -0.119. The van der Waals surface area contributed by atoms with Gasteiger partial charge in [-0.25, -0.2) is 4.68 Å². The molecule has 2 heterocycles. The van der Waals surface area contributed by atoms with Crippen LogP contribution in [-0.4, -0.2) is 22.2 Å². The van der Waals surface area contributed by atoms with Crippen LogP contribution in [0.3, 0.4) is 0 Å². The molecule has 3 rings (SSSR count). The Labute approximate surface area is 153 Å². The van der Waals surface area contributed by atoms with Gasteiger partial charge in [-0.05, 0) is 19.3 Å². The maximum atomic E-state index is 12.9. The average Bonchev–Trinajstić information content (AvgIpc) is 3.02. The molecule has 0 saturated heterocycles. The molecule has 2 aliphatic rings. The van der Waals surface area contributed by atoms with Gasteiger partial charge >= 0.3 is 0 Å². The van der Waals surface area contributed by atoms with Gasteiger partial charge in [0.15, 0.2) is 5.78 Å². The Morgan fingerprint density at radius 3 is 2.92 bits per heavy atom. The predicted octanol–water partition coefficient (Wildman–Crippen LogP) is 2.89. The lowest BCUT2D eigenvalue weighted by atomic mass is 9.70. The number of rotatable bonds is 4. The third-order valence-electron chi connectivity index (χ3n) is 4.81. The summed E-state index contributed by atoms with van der Waals surface area (Å²) in [6.45, 7) is 8.41. The van der Waals surface area contributed by atoms with Crippen LogP contribution in [0.2, 0.25) is 0 Å². The third kappa shape index (κ3) is 3.13. The van der Waals surface area contributed by atoms with Crippen molar-refractivity contribution < 1.29 is 14.3 Å². The van der Waals surface area contributed by atoms with Gasteiger partial charge in [0, 0.05) is 36.8 Å². The number of nitrogens with zero attached hydrogens (tertiary/aromatic N) is 3. The Hall–Kier alpha value is -2.59. The first-order valence-electron chi connectivity index (χ1n) is 8.77. The van der Waals surface area contributed by atoms with Crippen LogP contribution in [0.25, 0.3) is 0 Å². The molecule has 2 atom stereocenters. The highest BCUT2D eigenvalue weighted by molar-refractivity contribution is 6.00. The van der Waals surface area contributed by atoms with Gasteiger partial charge < -0.3 is 15.2 Å². The van der Waals surface area contributed by atoms with Crippen molar-refractivity contribution >= 4 is 5.78 Å². The first-order valence-corrected chi connectivity index (χ1v) is 8.77. The highest BCUT2D eigenvalue weighted by Gasteiger charge is 2.43. The van der Waals surface area contributed by atoms with Crippen molar-refractivity contribution in [2.75, 3.05) is 6.61 Å². The summed E-state index contributed by atoms with van der Waals surface area (Å²) in [5, 5.41) is 14.0. The standard InChI is InChI=1S/C19H24N4O3/c1-5-25-11(2)23-10-12(9-22-23)16-13(8-20)18(21)26-15-7-19(3,4)6-14(24)17(15)16/h9-11,16H,5-7,21H2,1-4H3/t11-,16+/m1/s1. The molecule has 1 aromatic rings. The quantitative estimate of drug-likeness (QED) is 0.890. The van der Waals surface area contributed by atoms with Crippen molar-refractivity contribution in [3.05, 3.63) is 40.7 Å². The number of hydrogen-bond acceptors (Lipinski definition) is 6. The molecule has 138 valence electrons. The summed E-state index contributed by atoms with van der Waals surface area (Å²) in [5.74, 6) is 0.0766. The molecule has 2 N–H and O–H groups in total. The van der Waals surface area contributed by atoms with Crippen molar-refractivity contribution in [1.29, 1.82) is 5.26 Å². The molecular weight excluding hydrogens is 332 g/mol. The number of allylic oxidation sites excluding steroid dienone is 3. The third-order valence-corrected chi connectivity index (χ3v) is 4.81. The highest BCUT2D eigenvalue weighted by atomic mass is 16.5. The largest absolute Gasteiger partial charge is 0.444 e. The van der Waals surface area contributed by atoms with Crippen LogP contribution in [0.5, 0.6) is 0 Å². The van der Waals surface area contributed by atoms with Crippen molar-refractivity contribution in [3.8, 4) is 6.07 Å². The van der Waals surface area contributed by atoms with E-state index in [1.165, 1.54) is 0 Å². The van der Waals surface area contributed by atoms with E-state index in [-0.39, 0.29) is 28.9 Å². The molecule has 1 aliphatic carbocycles. The van der Waals surface area contributed by atoms with Crippen LogP contribution >= 0.6 is 0 Å². The fourth-order valence-corrected chi connectivity index (χ4v) is 3.64. The topological polar surface area (TPSA) is 103 Å². The van der Waals surface area contributed by atoms with E-state index in [1.807, 2.05) is 27.7 Å². The van der Waals surface area contributed by atoms with E-state index in [9.17, 15) is 10.1 Å². The van der Waals surface area contributed by atoms with E-state index in [0.717, 1.165) is 5.56 Å². The molecule has 26 heavy (non-hydrogen) atoms. The SMILES string of the molecule is CCO[C@H](C)n1cc([C@H]2C(C#N)=C(N)OC3=C2C(=O)CC(C)(C)C3)cn1. The molecular formula is C19H24N4O3. The van der Waals surface area contributed by atoms with Gasteiger partial charge in [0.25, 0.3) is 0 Å². The van der Waals surface area contributed by atoms with Gasteiger partial charge in [0.1, 0.15) is 23.6 Å². The van der Waals surface area contributed by atoms with Crippen LogP contribution in [0.4, 0.5) is 0 Å². The minimum absolute atomic E-state index is 0.00731. The van der Waals surface area contributed by atoms with E-state index in [4.69, 9.17) is 15.2 Å². The van der Waals surface area contributed by atoms with Crippen molar-refractivity contribution in [3.63, 3.8) is 0 Å². The molecule has 0 amide bonds. The van der Waals surface area contributed by atoms with E-state index < -0.39 is 5.92 Å². The van der Waals surface area contributed by atoms with E-state index in [0.29, 0.717) is 30.8 Å². The van der Waals surface area contributed by atoms with Crippen molar-refractivity contribution in [1.82, 2.24) is 9.78 Å². The summed E-state index contributed by atoms with van der Waals surface area (Å²) in [6.07, 6.45) is 4.24. The van der Waals surface area contributed by atoms with E-state index in [2.05, 4.69) is 11.2 Å². The first kappa shape index (κ1) is 18.2. The summed E-state index contributed by atoms with van der Waals surface area (Å²) in [6, 6.07) is 2.12. The number of carbonyl (C=O) groups is 1. The monoisotopic (exact) mass is 356 g/mol. The zero-order valence-corrected chi connectivity index (χ0v) is 15.6. The summed E-state index contributed by atoms with van der Waals surface area (Å²) >= 11 is 0. The van der Waals surface area contributed by atoms with Crippen LogP contribution in [0.1, 0.15) is 58.2 Å². The molecule has 0 aromatic carbocycles. The van der Waals surface area contributed by atoms with Gasteiger partial charge in [0.2, 0.25) is 5.88 Å². The molecule has 1 aliphatic heterocycles. The maximum absolute atomic E-state index is 12.9. The summed E-state index contributed by atoms with van der Waals surface area (Å²) in [7, 11) is 0. The maximum Gasteiger partial charge on any atom is 0.205 e. The summed E-state index contributed by atoms with van der Waals surface area (Å²) in [5.41, 5.74) is 7.33. The second-order valence-electron chi connectivity index (χ2n) is 7.51. The number of aromatic nitrogens is 2. The Kier molecular flexibility index (Phi) is 4.63. The van der Waals surface area contributed by atoms with E-state index in [1.54, 1.807) is 17.1 Å². The van der Waals surface area contributed by atoms with Crippen LogP contribution in [0.15, 0.2) is 35.2 Å². The van der Waals surface area contributed by atoms with Crippen LogP contribution in [0, 0.1) is 16.7 Å². The van der Waals surface area contributed by atoms with Gasteiger partial charge in [-0.15, -0.1) is 0 Å². The zero-order chi connectivity index (χ0) is 19.1. The Morgan fingerprint density at radius 2 is 2.27 bits per heavy atom. The molecule has 7 nitrogen and oxygen atoms in total. The minimum Gasteiger partial charge on any atom is -0.444 e. The Morgan fingerprint density at radius 1 is 1.54 bits per heavy atom. The fraction of sp³-hybridized carbons (Fsp3) is 0.526. The second kappa shape index (κ2) is 6.61. The van der Waals surface area contributed by atoms with Gasteiger partial charge in [-0.2, -0.15) is 10.4 Å². The number of nitriles is 1. The molecule has 0 bridgehead atoms. The average molecular weight is 356 g/mol. The van der Waals surface area contributed by atoms with Gasteiger partial charge in [-0.1, -0.05) is 13.8 Å². The Bertz CT molecular complexity index is 841. The molecule has 7 heteroatoms. The number of hydrogen-bond donors (Lipinski definition) is 1. The molecule has 1 aromatic heterocycles. The normalized spacial score (nSPS) is 23.3. The highest BCUT2D eigenvalue weighted by Crippen LogP contribution is 2.47. The molecule has 0 unspecified atom stereocenters. The Balaban J connectivity index is 2.07. The smallest absolute Gasteiger partial charge is 0.205 e. The van der Waals surface area contributed by atoms with Crippen LogP contribution in [-0.2, 0) is 14.3 Å². The minimum atomic E-state index is -0.546. The number of ether oxygens (including phenoxy) is 2. The van der Waals surface area contributed by atoms with Crippen molar-refractivity contribution in [2.45, 2.75) is 52.7 Å².